The summed E-state index contributed by atoms with van der Waals surface area (Å²) in [7, 11) is 2.94. The number of carbonyl (C=O) groups excluding carboxylic acids is 1. The van der Waals surface area contributed by atoms with Crippen LogP contribution in [-0.4, -0.2) is 58.3 Å². The van der Waals surface area contributed by atoms with Crippen LogP contribution in [0.15, 0.2) is 39.5 Å². The largest absolute Gasteiger partial charge is 0.422 e. The highest BCUT2D eigenvalue weighted by Crippen LogP contribution is 2.34. The molecule has 0 aliphatic carbocycles. The first-order valence-electron chi connectivity index (χ1n) is 10.9. The van der Waals surface area contributed by atoms with Crippen LogP contribution in [0.5, 0.6) is 5.75 Å². The molecular weight excluding hydrogens is 513 g/mol. The van der Waals surface area contributed by atoms with Crippen molar-refractivity contribution in [2.45, 2.75) is 19.9 Å². The predicted molar refractivity (Wildman–Crippen MR) is 137 cm³/mol. The molecule has 0 saturated heterocycles. The number of hydrogen-bond acceptors (Lipinski definition) is 7. The third-order valence-electron chi connectivity index (χ3n) is 5.30. The van der Waals surface area contributed by atoms with Crippen LogP contribution < -0.4 is 15.1 Å². The molecule has 194 valence electrons. The summed E-state index contributed by atoms with van der Waals surface area (Å²) in [6, 6.07) is 7.18. The third-order valence-corrected chi connectivity index (χ3v) is 6.89. The van der Waals surface area contributed by atoms with E-state index < -0.39 is 27.6 Å². The fraction of sp³-hybridized carbons (Fsp3) is 0.333. The van der Waals surface area contributed by atoms with E-state index in [-0.39, 0.29) is 45.3 Å². The third kappa shape index (κ3) is 6.15. The topological polar surface area (TPSA) is 109 Å². The summed E-state index contributed by atoms with van der Waals surface area (Å²) in [4.78, 5) is 28.1. The zero-order valence-corrected chi connectivity index (χ0v) is 22.1. The number of sulfonamides is 1. The Kier molecular flexibility index (Phi) is 8.27. The second-order valence-electron chi connectivity index (χ2n) is 8.59. The second-order valence-corrected chi connectivity index (χ2v) is 11.0. The molecule has 0 bridgehead atoms. The smallest absolute Gasteiger partial charge is 0.414 e. The molecule has 0 fully saturated rings. The number of rotatable bonds is 8. The number of halogens is 2. The van der Waals surface area contributed by atoms with Crippen LogP contribution in [0, 0.1) is 5.82 Å². The molecule has 1 N–H and O–H groups in total. The summed E-state index contributed by atoms with van der Waals surface area (Å²) < 4.78 is 52.1. The lowest BCUT2D eigenvalue weighted by Crippen LogP contribution is -2.25. The molecule has 0 unspecified atom stereocenters. The molecule has 12 heteroatoms. The Morgan fingerprint density at radius 1 is 1.17 bits per heavy atom. The Morgan fingerprint density at radius 2 is 1.86 bits per heavy atom. The minimum atomic E-state index is -3.70. The SMILES string of the molecule is CCS(=O)(=O)Nc1cccc(Cc2c(CN(C)C)c3cc(Cl)c(OC(=O)N(C)C)cc3oc2=O)c1F. The quantitative estimate of drug-likeness (QED) is 0.430. The zero-order chi connectivity index (χ0) is 26.8. The maximum absolute atomic E-state index is 15.2. The zero-order valence-electron chi connectivity index (χ0n) is 20.5. The Morgan fingerprint density at radius 3 is 2.47 bits per heavy atom. The maximum Gasteiger partial charge on any atom is 0.414 e. The Hall–Kier alpha value is -3.15. The average Bonchev–Trinajstić information content (AvgIpc) is 2.79. The van der Waals surface area contributed by atoms with Crippen molar-refractivity contribution in [2.24, 2.45) is 0 Å². The average molecular weight is 540 g/mol. The predicted octanol–water partition coefficient (Wildman–Crippen LogP) is 4.06. The van der Waals surface area contributed by atoms with E-state index in [2.05, 4.69) is 4.72 Å². The van der Waals surface area contributed by atoms with Gasteiger partial charge in [-0.3, -0.25) is 4.72 Å². The van der Waals surface area contributed by atoms with Gasteiger partial charge in [0.05, 0.1) is 16.5 Å². The second kappa shape index (κ2) is 10.9. The highest BCUT2D eigenvalue weighted by Gasteiger charge is 2.21. The first kappa shape index (κ1) is 27.4. The summed E-state index contributed by atoms with van der Waals surface area (Å²) in [5.41, 5.74) is 0.101. The fourth-order valence-corrected chi connectivity index (χ4v) is 4.31. The molecule has 0 saturated carbocycles. The van der Waals surface area contributed by atoms with Gasteiger partial charge in [0, 0.05) is 44.1 Å². The Labute approximate surface area is 213 Å². The van der Waals surface area contributed by atoms with Crippen molar-refractivity contribution in [2.75, 3.05) is 38.7 Å². The van der Waals surface area contributed by atoms with Gasteiger partial charge >= 0.3 is 11.7 Å². The lowest BCUT2D eigenvalue weighted by Gasteiger charge is -2.18. The molecular formula is C24H27ClFN3O6S. The van der Waals surface area contributed by atoms with Crippen molar-refractivity contribution in [1.29, 1.82) is 0 Å². The molecule has 2 aromatic carbocycles. The van der Waals surface area contributed by atoms with Crippen LogP contribution in [0.2, 0.25) is 5.02 Å². The van der Waals surface area contributed by atoms with E-state index in [9.17, 15) is 18.0 Å². The van der Waals surface area contributed by atoms with Gasteiger partial charge < -0.3 is 19.0 Å². The molecule has 0 radical (unpaired) electrons. The van der Waals surface area contributed by atoms with Crippen molar-refractivity contribution in [1.82, 2.24) is 9.80 Å². The molecule has 0 spiro atoms. The standard InChI is InChI=1S/C24H27ClFN3O6S/c1-6-36(32,33)27-19-9-7-8-14(22(19)26)10-16-17(13-28(2)3)15-11-18(25)21(35-24(31)29(4)5)12-20(15)34-23(16)30/h7-9,11-12,27H,6,10,13H2,1-5H3. The van der Waals surface area contributed by atoms with E-state index in [0.717, 1.165) is 0 Å². The van der Waals surface area contributed by atoms with E-state index in [1.165, 1.54) is 56.3 Å². The number of benzene rings is 2. The molecule has 3 rings (SSSR count). The van der Waals surface area contributed by atoms with Gasteiger partial charge in [-0.05, 0) is 44.3 Å². The Balaban J connectivity index is 2.14. The first-order valence-corrected chi connectivity index (χ1v) is 13.0. The van der Waals surface area contributed by atoms with Gasteiger partial charge in [0.1, 0.15) is 5.58 Å². The van der Waals surface area contributed by atoms with E-state index in [0.29, 0.717) is 17.5 Å². The summed E-state index contributed by atoms with van der Waals surface area (Å²) in [6.07, 6.45) is -0.804. The molecule has 3 aromatic rings. The van der Waals surface area contributed by atoms with Crippen LogP contribution in [0.4, 0.5) is 14.9 Å². The van der Waals surface area contributed by atoms with Gasteiger partial charge in [0.15, 0.2) is 11.6 Å². The van der Waals surface area contributed by atoms with Crippen molar-refractivity contribution in [3.8, 4) is 5.75 Å². The molecule has 0 aliphatic rings. The number of anilines is 1. The highest BCUT2D eigenvalue weighted by molar-refractivity contribution is 7.92. The van der Waals surface area contributed by atoms with Crippen molar-refractivity contribution in [3.05, 3.63) is 68.3 Å². The number of fused-ring (bicyclic) bond motifs is 1. The lowest BCUT2D eigenvalue weighted by atomic mass is 9.97. The molecule has 36 heavy (non-hydrogen) atoms. The normalized spacial score (nSPS) is 11.7. The number of carbonyl (C=O) groups is 1. The minimum absolute atomic E-state index is 0.0246. The summed E-state index contributed by atoms with van der Waals surface area (Å²) in [6.45, 7) is 1.74. The number of nitrogens with one attached hydrogen (secondary N) is 1. The van der Waals surface area contributed by atoms with Crippen LogP contribution in [0.25, 0.3) is 11.0 Å². The van der Waals surface area contributed by atoms with Crippen molar-refractivity contribution in [3.63, 3.8) is 0 Å². The number of amides is 1. The fourth-order valence-electron chi connectivity index (χ4n) is 3.47. The van der Waals surface area contributed by atoms with Gasteiger partial charge in [0.25, 0.3) is 0 Å². The molecule has 1 amide bonds. The summed E-state index contributed by atoms with van der Waals surface area (Å²) in [5, 5.41) is 0.621. The van der Waals surface area contributed by atoms with Gasteiger partial charge in [-0.15, -0.1) is 0 Å². The van der Waals surface area contributed by atoms with Crippen molar-refractivity contribution < 1.29 is 26.8 Å². The maximum atomic E-state index is 15.2. The molecule has 1 aromatic heterocycles. The lowest BCUT2D eigenvalue weighted by molar-refractivity contribution is 0.172. The van der Waals surface area contributed by atoms with Gasteiger partial charge in [-0.1, -0.05) is 23.7 Å². The number of ether oxygens (including phenoxy) is 1. The monoisotopic (exact) mass is 539 g/mol. The first-order chi connectivity index (χ1) is 16.8. The van der Waals surface area contributed by atoms with Gasteiger partial charge in [-0.25, -0.2) is 22.4 Å². The number of nitrogens with zero attached hydrogens (tertiary/aromatic N) is 2. The molecule has 9 nitrogen and oxygen atoms in total. The van der Waals surface area contributed by atoms with Gasteiger partial charge in [0.2, 0.25) is 10.0 Å². The Bertz CT molecular complexity index is 1470. The van der Waals surface area contributed by atoms with Crippen molar-refractivity contribution >= 4 is 44.4 Å². The van der Waals surface area contributed by atoms with E-state index in [1.54, 1.807) is 14.1 Å². The molecule has 0 atom stereocenters. The van der Waals surface area contributed by atoms with Crippen LogP contribution in [0.1, 0.15) is 23.6 Å². The molecule has 0 aliphatic heterocycles. The summed E-state index contributed by atoms with van der Waals surface area (Å²) in [5.74, 6) is -0.977. The molecule has 1 heterocycles. The summed E-state index contributed by atoms with van der Waals surface area (Å²) >= 11 is 6.38. The van der Waals surface area contributed by atoms with Crippen LogP contribution in [0.3, 0.4) is 0 Å². The highest BCUT2D eigenvalue weighted by atomic mass is 35.5. The minimum Gasteiger partial charge on any atom is -0.422 e. The van der Waals surface area contributed by atoms with E-state index in [4.69, 9.17) is 20.8 Å². The van der Waals surface area contributed by atoms with Crippen LogP contribution >= 0.6 is 11.6 Å². The van der Waals surface area contributed by atoms with E-state index >= 15 is 4.39 Å². The van der Waals surface area contributed by atoms with E-state index in [1.807, 2.05) is 4.90 Å². The number of hydrogen-bond donors (Lipinski definition) is 1. The van der Waals surface area contributed by atoms with Crippen LogP contribution in [-0.2, 0) is 23.0 Å². The van der Waals surface area contributed by atoms with Gasteiger partial charge in [-0.2, -0.15) is 0 Å².